The molecule has 1 N–H and O–H groups in total. The third kappa shape index (κ3) is 3.97. The molecule has 4 rings (SSSR count). The predicted molar refractivity (Wildman–Crippen MR) is 110 cm³/mol. The predicted octanol–water partition coefficient (Wildman–Crippen LogP) is 4.73. The zero-order valence-corrected chi connectivity index (χ0v) is 16.2. The van der Waals surface area contributed by atoms with Gasteiger partial charge in [0.1, 0.15) is 11.6 Å². The number of H-pyrrole nitrogens is 1. The molecule has 5 nitrogen and oxygen atoms in total. The highest BCUT2D eigenvalue weighted by molar-refractivity contribution is 6.31. The van der Waals surface area contributed by atoms with Gasteiger partial charge in [-0.25, -0.2) is 8.78 Å². The van der Waals surface area contributed by atoms with Crippen molar-refractivity contribution in [3.8, 4) is 11.1 Å². The summed E-state index contributed by atoms with van der Waals surface area (Å²) in [6, 6.07) is 7.30. The van der Waals surface area contributed by atoms with Crippen LogP contribution in [0.2, 0.25) is 5.02 Å². The van der Waals surface area contributed by atoms with Crippen molar-refractivity contribution in [1.82, 2.24) is 15.0 Å². The molecule has 0 bridgehead atoms. The smallest absolute Gasteiger partial charge is 0.259 e. The maximum absolute atomic E-state index is 13.9. The average Bonchev–Trinajstić information content (AvgIpc) is 2.71. The zero-order chi connectivity index (χ0) is 21.3. The highest BCUT2D eigenvalue weighted by Crippen LogP contribution is 2.32. The number of benzene rings is 1. The number of nitrogens with one attached hydrogen (secondary N) is 1. The molecule has 4 aromatic rings. The van der Waals surface area contributed by atoms with Crippen LogP contribution in [0.5, 0.6) is 0 Å². The van der Waals surface area contributed by atoms with E-state index in [1.54, 1.807) is 18.2 Å². The zero-order valence-electron chi connectivity index (χ0n) is 15.5. The Morgan fingerprint density at radius 3 is 2.47 bits per heavy atom. The van der Waals surface area contributed by atoms with Crippen molar-refractivity contribution in [3.63, 3.8) is 0 Å². The minimum absolute atomic E-state index is 0.0595. The van der Waals surface area contributed by atoms with Gasteiger partial charge in [-0.05, 0) is 42.3 Å². The van der Waals surface area contributed by atoms with E-state index >= 15 is 0 Å². The molecule has 0 aliphatic heterocycles. The minimum Gasteiger partial charge on any atom is -0.321 e. The van der Waals surface area contributed by atoms with Crippen LogP contribution in [0, 0.1) is 11.6 Å². The van der Waals surface area contributed by atoms with Gasteiger partial charge in [-0.1, -0.05) is 11.6 Å². The Hall–Kier alpha value is -3.45. The summed E-state index contributed by atoms with van der Waals surface area (Å²) < 4.78 is 27.2. The number of hydrogen-bond donors (Lipinski definition) is 1. The van der Waals surface area contributed by atoms with Crippen LogP contribution in [-0.2, 0) is 6.42 Å². The van der Waals surface area contributed by atoms with Gasteiger partial charge >= 0.3 is 0 Å². The molecule has 0 saturated carbocycles. The number of aromatic nitrogens is 3. The van der Waals surface area contributed by atoms with E-state index in [0.29, 0.717) is 21.5 Å². The summed E-state index contributed by atoms with van der Waals surface area (Å²) >= 11 is 6.13. The van der Waals surface area contributed by atoms with Gasteiger partial charge < -0.3 is 4.98 Å². The van der Waals surface area contributed by atoms with E-state index < -0.39 is 23.0 Å². The van der Waals surface area contributed by atoms with Crippen LogP contribution in [0.15, 0.2) is 59.9 Å². The molecule has 0 fully saturated rings. The van der Waals surface area contributed by atoms with Gasteiger partial charge in [0.25, 0.3) is 5.56 Å². The summed E-state index contributed by atoms with van der Waals surface area (Å²) in [5, 5.41) is 0.884. The molecule has 1 aromatic carbocycles. The molecular weight excluding hydrogens is 412 g/mol. The van der Waals surface area contributed by atoms with E-state index in [1.165, 1.54) is 24.5 Å². The quantitative estimate of drug-likeness (QED) is 0.469. The lowest BCUT2D eigenvalue weighted by molar-refractivity contribution is 0.0982. The molecule has 0 aliphatic rings. The van der Waals surface area contributed by atoms with Crippen LogP contribution < -0.4 is 5.56 Å². The number of hydrogen-bond acceptors (Lipinski definition) is 4. The van der Waals surface area contributed by atoms with Crippen molar-refractivity contribution < 1.29 is 13.6 Å². The van der Waals surface area contributed by atoms with Gasteiger partial charge in [0.2, 0.25) is 0 Å². The maximum Gasteiger partial charge on any atom is 0.259 e. The van der Waals surface area contributed by atoms with Gasteiger partial charge in [-0.3, -0.25) is 19.6 Å². The molecule has 0 amide bonds. The van der Waals surface area contributed by atoms with Crippen molar-refractivity contribution in [1.29, 1.82) is 0 Å². The van der Waals surface area contributed by atoms with Crippen LogP contribution in [0.1, 0.15) is 22.3 Å². The van der Waals surface area contributed by atoms with Gasteiger partial charge in [0.15, 0.2) is 5.78 Å². The number of aromatic amines is 1. The number of carbonyl (C=O) groups is 1. The van der Waals surface area contributed by atoms with Gasteiger partial charge in [0, 0.05) is 45.9 Å². The topological polar surface area (TPSA) is 75.7 Å². The van der Waals surface area contributed by atoms with Crippen LogP contribution in [0.25, 0.3) is 22.0 Å². The number of halogens is 3. The number of nitrogens with zero attached hydrogens (tertiary/aromatic N) is 2. The Kier molecular flexibility index (Phi) is 5.37. The number of aryl methyl sites for hydroxylation is 1. The van der Waals surface area contributed by atoms with E-state index in [2.05, 4.69) is 15.0 Å². The molecular formula is C22H14ClF2N3O2. The van der Waals surface area contributed by atoms with Crippen molar-refractivity contribution in [2.75, 3.05) is 0 Å². The van der Waals surface area contributed by atoms with Crippen molar-refractivity contribution >= 4 is 28.3 Å². The fourth-order valence-electron chi connectivity index (χ4n) is 3.36. The van der Waals surface area contributed by atoms with Crippen LogP contribution in [0.3, 0.4) is 0 Å². The molecule has 8 heteroatoms. The Bertz CT molecular complexity index is 1340. The van der Waals surface area contributed by atoms with E-state index in [-0.39, 0.29) is 29.5 Å². The second kappa shape index (κ2) is 8.12. The standard InChI is InChI=1S/C22H14ClF2N3O2/c23-14-2-3-18-17(7-14)20(13-6-16(25)11-27-9-13)21(22(30)28-18)19(29)4-1-12-5-15(24)10-26-8-12/h2-3,5-11H,1,4H2,(H,28,30). The van der Waals surface area contributed by atoms with Crippen molar-refractivity contribution in [3.05, 3.63) is 93.3 Å². The Morgan fingerprint density at radius 2 is 1.73 bits per heavy atom. The Balaban J connectivity index is 1.86. The Labute approximate surface area is 174 Å². The van der Waals surface area contributed by atoms with Crippen molar-refractivity contribution in [2.24, 2.45) is 0 Å². The lowest BCUT2D eigenvalue weighted by Gasteiger charge is -2.12. The summed E-state index contributed by atoms with van der Waals surface area (Å²) in [7, 11) is 0. The van der Waals surface area contributed by atoms with Gasteiger partial charge in [-0.2, -0.15) is 0 Å². The first-order valence-corrected chi connectivity index (χ1v) is 9.39. The summed E-state index contributed by atoms with van der Waals surface area (Å²) in [5.74, 6) is -1.58. The molecule has 0 aliphatic carbocycles. The molecule has 3 aromatic heterocycles. The second-order valence-corrected chi connectivity index (χ2v) is 7.16. The van der Waals surface area contributed by atoms with Gasteiger partial charge in [0.05, 0.1) is 18.0 Å². The first-order chi connectivity index (χ1) is 14.4. The lowest BCUT2D eigenvalue weighted by Crippen LogP contribution is -2.20. The maximum atomic E-state index is 13.9. The molecule has 0 atom stereocenters. The number of pyridine rings is 3. The van der Waals surface area contributed by atoms with E-state index in [4.69, 9.17) is 11.6 Å². The summed E-state index contributed by atoms with van der Waals surface area (Å²) in [6.45, 7) is 0. The van der Waals surface area contributed by atoms with E-state index in [1.807, 2.05) is 0 Å². The molecule has 0 unspecified atom stereocenters. The molecule has 0 radical (unpaired) electrons. The normalized spacial score (nSPS) is 11.0. The summed E-state index contributed by atoms with van der Waals surface area (Å²) in [4.78, 5) is 36.1. The number of rotatable bonds is 5. The van der Waals surface area contributed by atoms with E-state index in [9.17, 15) is 18.4 Å². The highest BCUT2D eigenvalue weighted by Gasteiger charge is 2.21. The number of carbonyl (C=O) groups excluding carboxylic acids is 1. The van der Waals surface area contributed by atoms with Crippen molar-refractivity contribution in [2.45, 2.75) is 12.8 Å². The third-order valence-corrected chi connectivity index (χ3v) is 4.89. The van der Waals surface area contributed by atoms with Crippen LogP contribution >= 0.6 is 11.6 Å². The van der Waals surface area contributed by atoms with Gasteiger partial charge in [-0.15, -0.1) is 0 Å². The first kappa shape index (κ1) is 19.8. The van der Waals surface area contributed by atoms with E-state index in [0.717, 1.165) is 12.4 Å². The fourth-order valence-corrected chi connectivity index (χ4v) is 3.53. The largest absolute Gasteiger partial charge is 0.321 e. The molecule has 150 valence electrons. The van der Waals surface area contributed by atoms with Crippen LogP contribution in [-0.4, -0.2) is 20.7 Å². The number of ketones is 1. The minimum atomic E-state index is -0.605. The lowest BCUT2D eigenvalue weighted by atomic mass is 9.93. The summed E-state index contributed by atoms with van der Waals surface area (Å²) in [6.07, 6.45) is 5.07. The summed E-state index contributed by atoms with van der Waals surface area (Å²) in [5.41, 5.74) is 0.787. The average molecular weight is 426 g/mol. The molecule has 0 spiro atoms. The highest BCUT2D eigenvalue weighted by atomic mass is 35.5. The number of Topliss-reactive ketones (excluding diaryl/α,β-unsaturated/α-hetero) is 1. The molecule has 0 saturated heterocycles. The monoisotopic (exact) mass is 425 g/mol. The molecule has 30 heavy (non-hydrogen) atoms. The van der Waals surface area contributed by atoms with Crippen LogP contribution in [0.4, 0.5) is 8.78 Å². The fraction of sp³-hybridized carbons (Fsp3) is 0.0909. The molecule has 3 heterocycles. The third-order valence-electron chi connectivity index (χ3n) is 4.65. The first-order valence-electron chi connectivity index (χ1n) is 9.01. The second-order valence-electron chi connectivity index (χ2n) is 6.72. The SMILES string of the molecule is O=C(CCc1cncc(F)c1)c1c(-c2cncc(F)c2)c2cc(Cl)ccc2[nH]c1=O. The Morgan fingerprint density at radius 1 is 1.00 bits per heavy atom. The number of fused-ring (bicyclic) bond motifs is 1.